The van der Waals surface area contributed by atoms with Crippen molar-refractivity contribution < 1.29 is 19.1 Å². The number of nitrogens with one attached hydrogen (secondary N) is 1. The number of benzene rings is 2. The van der Waals surface area contributed by atoms with Crippen molar-refractivity contribution in [3.8, 4) is 5.75 Å². The molecule has 1 aliphatic heterocycles. The van der Waals surface area contributed by atoms with Gasteiger partial charge in [-0.3, -0.25) is 14.5 Å². The van der Waals surface area contributed by atoms with Crippen LogP contribution in [0.2, 0.25) is 0 Å². The fourth-order valence-electron chi connectivity index (χ4n) is 4.02. The average Bonchev–Trinajstić information content (AvgIpc) is 3.15. The average molecular weight is 364 g/mol. The zero-order valence-corrected chi connectivity index (χ0v) is 15.2. The van der Waals surface area contributed by atoms with Gasteiger partial charge >= 0.3 is 6.03 Å². The van der Waals surface area contributed by atoms with Crippen molar-refractivity contribution in [2.45, 2.75) is 31.8 Å². The molecule has 1 saturated heterocycles. The molecule has 1 N–H and O–H groups in total. The van der Waals surface area contributed by atoms with Crippen LogP contribution in [-0.2, 0) is 23.3 Å². The predicted molar refractivity (Wildman–Crippen MR) is 98.5 cm³/mol. The van der Waals surface area contributed by atoms with E-state index in [4.69, 9.17) is 4.74 Å². The van der Waals surface area contributed by atoms with E-state index in [1.165, 1.54) is 18.9 Å². The fraction of sp³-hybridized carbons (Fsp3) is 0.286. The van der Waals surface area contributed by atoms with Gasteiger partial charge in [-0.15, -0.1) is 0 Å². The number of amides is 3. The van der Waals surface area contributed by atoms with E-state index >= 15 is 0 Å². The van der Waals surface area contributed by atoms with Crippen molar-refractivity contribution in [2.24, 2.45) is 0 Å². The van der Waals surface area contributed by atoms with Crippen LogP contribution in [0.4, 0.5) is 4.79 Å². The van der Waals surface area contributed by atoms with E-state index in [9.17, 15) is 14.4 Å². The Labute approximate surface area is 157 Å². The number of ether oxygens (including phenoxy) is 1. The van der Waals surface area contributed by atoms with Crippen LogP contribution in [0.3, 0.4) is 0 Å². The van der Waals surface area contributed by atoms with Crippen LogP contribution < -0.4 is 10.1 Å². The number of Topliss-reactive ketones (excluding diaryl/α,β-unsaturated/α-hetero) is 1. The van der Waals surface area contributed by atoms with Crippen molar-refractivity contribution in [3.63, 3.8) is 0 Å². The maximum Gasteiger partial charge on any atom is 0.325 e. The van der Waals surface area contributed by atoms with Crippen LogP contribution in [0.15, 0.2) is 42.5 Å². The normalized spacial score (nSPS) is 20.7. The number of carbonyl (C=O) groups excluding carboxylic acids is 3. The molecule has 6 heteroatoms. The van der Waals surface area contributed by atoms with E-state index in [1.807, 2.05) is 24.3 Å². The molecule has 2 aliphatic rings. The van der Waals surface area contributed by atoms with Gasteiger partial charge in [0.1, 0.15) is 11.3 Å². The molecule has 0 unspecified atom stereocenters. The monoisotopic (exact) mass is 364 g/mol. The molecule has 138 valence electrons. The highest BCUT2D eigenvalue weighted by Crippen LogP contribution is 2.41. The first-order valence-corrected chi connectivity index (χ1v) is 8.86. The molecule has 0 aromatic heterocycles. The van der Waals surface area contributed by atoms with Gasteiger partial charge in [-0.25, -0.2) is 4.79 Å². The molecule has 0 bridgehead atoms. The lowest BCUT2D eigenvalue weighted by molar-refractivity contribution is -0.132. The number of hydrogen-bond acceptors (Lipinski definition) is 4. The maximum atomic E-state index is 13.3. The summed E-state index contributed by atoms with van der Waals surface area (Å²) in [4.78, 5) is 38.8. The summed E-state index contributed by atoms with van der Waals surface area (Å²) in [5.74, 6) is 0.193. The van der Waals surface area contributed by atoms with E-state index in [-0.39, 0.29) is 18.2 Å². The smallest absolute Gasteiger partial charge is 0.325 e. The van der Waals surface area contributed by atoms with Crippen LogP contribution in [0.25, 0.3) is 0 Å². The third-order valence-electron chi connectivity index (χ3n) is 5.44. The molecule has 0 radical (unpaired) electrons. The van der Waals surface area contributed by atoms with Crippen LogP contribution in [0, 0.1) is 0 Å². The van der Waals surface area contributed by atoms with Crippen molar-refractivity contribution >= 4 is 17.7 Å². The Kier molecular flexibility index (Phi) is 3.98. The SMILES string of the molecule is COc1ccc(C(C)=O)cc1CN1C(=O)N[C@]2(CCc3ccccc32)C1=O. The summed E-state index contributed by atoms with van der Waals surface area (Å²) in [6, 6.07) is 12.3. The second-order valence-electron chi connectivity index (χ2n) is 6.97. The molecule has 3 amide bonds. The minimum Gasteiger partial charge on any atom is -0.496 e. The van der Waals surface area contributed by atoms with Crippen LogP contribution in [-0.4, -0.2) is 29.7 Å². The van der Waals surface area contributed by atoms with E-state index in [2.05, 4.69) is 5.32 Å². The van der Waals surface area contributed by atoms with Gasteiger partial charge in [0, 0.05) is 11.1 Å². The largest absolute Gasteiger partial charge is 0.496 e. The van der Waals surface area contributed by atoms with Gasteiger partial charge in [-0.05, 0) is 49.1 Å². The highest BCUT2D eigenvalue weighted by atomic mass is 16.5. The third-order valence-corrected chi connectivity index (χ3v) is 5.44. The Hall–Kier alpha value is -3.15. The molecular weight excluding hydrogens is 344 g/mol. The molecule has 1 atom stereocenters. The Morgan fingerprint density at radius 2 is 2.00 bits per heavy atom. The first-order valence-electron chi connectivity index (χ1n) is 8.86. The molecule has 1 spiro atoms. The van der Waals surface area contributed by atoms with Gasteiger partial charge in [0.25, 0.3) is 5.91 Å². The van der Waals surface area contributed by atoms with Crippen LogP contribution >= 0.6 is 0 Å². The maximum absolute atomic E-state index is 13.3. The molecule has 2 aromatic rings. The second kappa shape index (κ2) is 6.23. The number of methoxy groups -OCH3 is 1. The molecule has 4 rings (SSSR count). The van der Waals surface area contributed by atoms with Crippen LogP contribution in [0.1, 0.15) is 40.4 Å². The quantitative estimate of drug-likeness (QED) is 0.669. The van der Waals surface area contributed by atoms with Gasteiger partial charge in [0.05, 0.1) is 13.7 Å². The second-order valence-corrected chi connectivity index (χ2v) is 6.97. The lowest BCUT2D eigenvalue weighted by Gasteiger charge is -2.22. The predicted octanol–water partition coefficient (Wildman–Crippen LogP) is 2.79. The number of hydrogen-bond donors (Lipinski definition) is 1. The molecule has 1 aliphatic carbocycles. The standard InChI is InChI=1S/C21H20N2O4/c1-13(24)15-7-8-18(27-2)16(11-15)12-23-19(25)21(22-20(23)26)10-9-14-5-3-4-6-17(14)21/h3-8,11H,9-10,12H2,1-2H3,(H,22,26)/t21-/m0/s1. The zero-order valence-electron chi connectivity index (χ0n) is 15.2. The molecule has 27 heavy (non-hydrogen) atoms. The Bertz CT molecular complexity index is 968. The van der Waals surface area contributed by atoms with Gasteiger partial charge in [-0.2, -0.15) is 0 Å². The summed E-state index contributed by atoms with van der Waals surface area (Å²) in [5.41, 5.74) is 2.11. The number of imide groups is 1. The summed E-state index contributed by atoms with van der Waals surface area (Å²) in [7, 11) is 1.52. The summed E-state index contributed by atoms with van der Waals surface area (Å²) in [6.07, 6.45) is 1.30. The highest BCUT2D eigenvalue weighted by molar-refractivity contribution is 6.08. The van der Waals surface area contributed by atoms with Crippen molar-refractivity contribution in [1.82, 2.24) is 10.2 Å². The Morgan fingerprint density at radius 1 is 1.22 bits per heavy atom. The van der Waals surface area contributed by atoms with Gasteiger partial charge in [0.15, 0.2) is 5.78 Å². The van der Waals surface area contributed by atoms with E-state index in [0.29, 0.717) is 23.3 Å². The van der Waals surface area contributed by atoms with Crippen LogP contribution in [0.5, 0.6) is 5.75 Å². The summed E-state index contributed by atoms with van der Waals surface area (Å²) in [6.45, 7) is 1.53. The number of ketones is 1. The number of nitrogens with zero attached hydrogens (tertiary/aromatic N) is 1. The minimum atomic E-state index is -0.987. The number of urea groups is 1. The van der Waals surface area contributed by atoms with E-state index in [0.717, 1.165) is 17.5 Å². The van der Waals surface area contributed by atoms with Crippen molar-refractivity contribution in [3.05, 3.63) is 64.7 Å². The lowest BCUT2D eigenvalue weighted by Crippen LogP contribution is -2.41. The molecule has 1 fully saturated rings. The Balaban J connectivity index is 1.69. The number of fused-ring (bicyclic) bond motifs is 2. The van der Waals surface area contributed by atoms with E-state index < -0.39 is 11.6 Å². The first-order chi connectivity index (χ1) is 13.0. The van der Waals surface area contributed by atoms with E-state index in [1.54, 1.807) is 18.2 Å². The minimum absolute atomic E-state index is 0.0544. The molecule has 2 aromatic carbocycles. The molecule has 6 nitrogen and oxygen atoms in total. The highest BCUT2D eigenvalue weighted by Gasteiger charge is 2.55. The van der Waals surface area contributed by atoms with Gasteiger partial charge < -0.3 is 10.1 Å². The fourth-order valence-corrected chi connectivity index (χ4v) is 4.02. The molecule has 0 saturated carbocycles. The topological polar surface area (TPSA) is 75.7 Å². The van der Waals surface area contributed by atoms with Gasteiger partial charge in [-0.1, -0.05) is 24.3 Å². The zero-order chi connectivity index (χ0) is 19.2. The van der Waals surface area contributed by atoms with Crippen molar-refractivity contribution in [2.75, 3.05) is 7.11 Å². The number of carbonyl (C=O) groups is 3. The Morgan fingerprint density at radius 3 is 2.74 bits per heavy atom. The van der Waals surface area contributed by atoms with Gasteiger partial charge in [0.2, 0.25) is 0 Å². The summed E-state index contributed by atoms with van der Waals surface area (Å²) in [5, 5.41) is 2.91. The third kappa shape index (κ3) is 2.60. The number of aryl methyl sites for hydroxylation is 1. The molecular formula is C21H20N2O4. The summed E-state index contributed by atoms with van der Waals surface area (Å²) >= 11 is 0. The number of rotatable bonds is 4. The van der Waals surface area contributed by atoms with Crippen molar-refractivity contribution in [1.29, 1.82) is 0 Å². The molecule has 1 heterocycles. The first kappa shape index (κ1) is 17.3. The summed E-state index contributed by atoms with van der Waals surface area (Å²) < 4.78 is 5.35. The lowest BCUT2D eigenvalue weighted by atomic mass is 9.92.